The van der Waals surface area contributed by atoms with E-state index in [1.807, 2.05) is 17.5 Å². The van der Waals surface area contributed by atoms with Crippen LogP contribution >= 0.6 is 11.8 Å². The zero-order valence-electron chi connectivity index (χ0n) is 13.7. The number of piperidine rings is 1. The van der Waals surface area contributed by atoms with Crippen molar-refractivity contribution in [2.75, 3.05) is 36.4 Å². The van der Waals surface area contributed by atoms with Gasteiger partial charge in [-0.3, -0.25) is 9.79 Å². The topological polar surface area (TPSA) is 47.9 Å². The van der Waals surface area contributed by atoms with Gasteiger partial charge in [-0.2, -0.15) is 0 Å². The van der Waals surface area contributed by atoms with E-state index >= 15 is 0 Å². The van der Waals surface area contributed by atoms with E-state index in [9.17, 15) is 4.79 Å². The molecule has 3 aliphatic rings. The maximum Gasteiger partial charge on any atom is 0.230 e. The number of anilines is 2. The number of hydrogen-bond acceptors (Lipinski definition) is 5. The van der Waals surface area contributed by atoms with Crippen molar-refractivity contribution in [3.63, 3.8) is 0 Å². The van der Waals surface area contributed by atoms with Crippen LogP contribution in [0.5, 0.6) is 0 Å². The van der Waals surface area contributed by atoms with E-state index in [0.717, 1.165) is 42.7 Å². The number of carbonyl (C=O) groups is 1. The summed E-state index contributed by atoms with van der Waals surface area (Å²) in [5.41, 5.74) is 3.17. The Labute approximate surface area is 146 Å². The molecule has 0 radical (unpaired) electrons. The number of hydrogen-bond donors (Lipinski definition) is 1. The van der Waals surface area contributed by atoms with Gasteiger partial charge in [-0.15, -0.1) is 0 Å². The Morgan fingerprint density at radius 2 is 1.92 bits per heavy atom. The second kappa shape index (κ2) is 6.89. The normalized spacial score (nSPS) is 19.8. The maximum atomic E-state index is 12.3. The van der Waals surface area contributed by atoms with Crippen molar-refractivity contribution < 1.29 is 4.79 Å². The first-order valence-corrected chi connectivity index (χ1v) is 9.50. The smallest absolute Gasteiger partial charge is 0.230 e. The SMILES string of the molecule is O=C(CC1=CSC2=NCCN12)Nc1ccc(N2CCCCC2)cc1. The van der Waals surface area contributed by atoms with Gasteiger partial charge in [-0.1, -0.05) is 11.8 Å². The quantitative estimate of drug-likeness (QED) is 0.912. The summed E-state index contributed by atoms with van der Waals surface area (Å²) in [5, 5.41) is 6.07. The highest BCUT2D eigenvalue weighted by Gasteiger charge is 2.27. The predicted molar refractivity (Wildman–Crippen MR) is 100 cm³/mol. The molecule has 1 aromatic carbocycles. The minimum absolute atomic E-state index is 0.0284. The van der Waals surface area contributed by atoms with E-state index in [0.29, 0.717) is 6.42 Å². The molecule has 0 saturated carbocycles. The predicted octanol–water partition coefficient (Wildman–Crippen LogP) is 3.27. The molecule has 0 atom stereocenters. The van der Waals surface area contributed by atoms with Gasteiger partial charge in [0, 0.05) is 36.7 Å². The Bertz CT molecular complexity index is 677. The van der Waals surface area contributed by atoms with Crippen LogP contribution in [0.3, 0.4) is 0 Å². The highest BCUT2D eigenvalue weighted by atomic mass is 32.2. The largest absolute Gasteiger partial charge is 0.372 e. The van der Waals surface area contributed by atoms with Crippen LogP contribution < -0.4 is 10.2 Å². The fourth-order valence-corrected chi connectivity index (χ4v) is 4.35. The van der Waals surface area contributed by atoms with Crippen LogP contribution in [0, 0.1) is 0 Å². The molecule has 1 saturated heterocycles. The van der Waals surface area contributed by atoms with Crippen LogP contribution in [0.25, 0.3) is 0 Å². The molecule has 1 amide bonds. The third kappa shape index (κ3) is 3.29. The Morgan fingerprint density at radius 1 is 1.12 bits per heavy atom. The van der Waals surface area contributed by atoms with Crippen molar-refractivity contribution in [2.45, 2.75) is 25.7 Å². The third-order valence-corrected chi connectivity index (χ3v) is 5.61. The molecule has 6 heteroatoms. The molecule has 126 valence electrons. The summed E-state index contributed by atoms with van der Waals surface area (Å²) in [5.74, 6) is 0.0284. The summed E-state index contributed by atoms with van der Waals surface area (Å²) < 4.78 is 0. The lowest BCUT2D eigenvalue weighted by atomic mass is 10.1. The lowest BCUT2D eigenvalue weighted by molar-refractivity contribution is -0.115. The first kappa shape index (κ1) is 15.6. The number of nitrogens with one attached hydrogen (secondary N) is 1. The monoisotopic (exact) mass is 342 g/mol. The van der Waals surface area contributed by atoms with Crippen LogP contribution in [0.4, 0.5) is 11.4 Å². The summed E-state index contributed by atoms with van der Waals surface area (Å²) in [6.07, 6.45) is 4.28. The van der Waals surface area contributed by atoms with Crippen molar-refractivity contribution in [1.82, 2.24) is 4.90 Å². The Hall–Kier alpha value is -1.95. The van der Waals surface area contributed by atoms with Gasteiger partial charge in [-0.25, -0.2) is 0 Å². The average molecular weight is 342 g/mol. The lowest BCUT2D eigenvalue weighted by Crippen LogP contribution is -2.29. The molecule has 1 fully saturated rings. The van der Waals surface area contributed by atoms with Gasteiger partial charge in [0.2, 0.25) is 5.91 Å². The number of amidine groups is 1. The van der Waals surface area contributed by atoms with E-state index in [1.165, 1.54) is 24.9 Å². The summed E-state index contributed by atoms with van der Waals surface area (Å²) >= 11 is 1.62. The van der Waals surface area contributed by atoms with Gasteiger partial charge < -0.3 is 15.1 Å². The van der Waals surface area contributed by atoms with Gasteiger partial charge in [0.15, 0.2) is 5.17 Å². The number of rotatable bonds is 4. The van der Waals surface area contributed by atoms with Gasteiger partial charge in [0.05, 0.1) is 13.0 Å². The highest BCUT2D eigenvalue weighted by Crippen LogP contribution is 2.31. The molecule has 4 rings (SSSR count). The van der Waals surface area contributed by atoms with Crippen molar-refractivity contribution in [3.8, 4) is 0 Å². The summed E-state index contributed by atoms with van der Waals surface area (Å²) in [6, 6.07) is 8.22. The van der Waals surface area contributed by atoms with E-state index in [4.69, 9.17) is 0 Å². The minimum atomic E-state index is 0.0284. The standard InChI is InChI=1S/C18H22N4OS/c23-17(12-16-13-24-18-19-8-11-22(16)18)20-14-4-6-15(7-5-14)21-9-2-1-3-10-21/h4-7,13H,1-3,8-12H2,(H,20,23). The van der Waals surface area contributed by atoms with Crippen LogP contribution in [0.15, 0.2) is 40.4 Å². The zero-order valence-corrected chi connectivity index (χ0v) is 14.5. The number of amides is 1. The lowest BCUT2D eigenvalue weighted by Gasteiger charge is -2.28. The van der Waals surface area contributed by atoms with Crippen molar-refractivity contribution in [1.29, 1.82) is 0 Å². The fraction of sp³-hybridized carbons (Fsp3) is 0.444. The number of thioether (sulfide) groups is 1. The number of aliphatic imine (C=N–C) groups is 1. The van der Waals surface area contributed by atoms with Gasteiger partial charge in [-0.05, 0) is 48.9 Å². The number of benzene rings is 1. The van der Waals surface area contributed by atoms with E-state index in [-0.39, 0.29) is 5.91 Å². The Morgan fingerprint density at radius 3 is 2.71 bits per heavy atom. The van der Waals surface area contributed by atoms with Crippen LogP contribution in [-0.2, 0) is 4.79 Å². The molecular weight excluding hydrogens is 320 g/mol. The third-order valence-electron chi connectivity index (χ3n) is 4.66. The molecule has 1 aromatic rings. The summed E-state index contributed by atoms with van der Waals surface area (Å²) in [6.45, 7) is 4.00. The van der Waals surface area contributed by atoms with E-state index < -0.39 is 0 Å². The first-order chi connectivity index (χ1) is 11.8. The molecule has 0 aromatic heterocycles. The van der Waals surface area contributed by atoms with Gasteiger partial charge >= 0.3 is 0 Å². The molecule has 0 bridgehead atoms. The summed E-state index contributed by atoms with van der Waals surface area (Å²) in [4.78, 5) is 21.3. The van der Waals surface area contributed by atoms with E-state index in [1.54, 1.807) is 11.8 Å². The average Bonchev–Trinajstić information content (AvgIpc) is 3.22. The van der Waals surface area contributed by atoms with Crippen LogP contribution in [0.2, 0.25) is 0 Å². The molecule has 0 spiro atoms. The number of carbonyl (C=O) groups excluding carboxylic acids is 1. The Kier molecular flexibility index (Phi) is 4.47. The molecule has 0 unspecified atom stereocenters. The van der Waals surface area contributed by atoms with Crippen LogP contribution in [-0.4, -0.2) is 42.2 Å². The molecular formula is C18H22N4OS. The molecule has 3 heterocycles. The minimum Gasteiger partial charge on any atom is -0.372 e. The zero-order chi connectivity index (χ0) is 16.4. The maximum absolute atomic E-state index is 12.3. The number of fused-ring (bicyclic) bond motifs is 1. The number of nitrogens with zero attached hydrogens (tertiary/aromatic N) is 3. The second-order valence-electron chi connectivity index (χ2n) is 6.36. The van der Waals surface area contributed by atoms with Crippen molar-refractivity contribution in [2.24, 2.45) is 4.99 Å². The summed E-state index contributed by atoms with van der Waals surface area (Å²) in [7, 11) is 0. The van der Waals surface area contributed by atoms with Crippen molar-refractivity contribution >= 4 is 34.2 Å². The second-order valence-corrected chi connectivity index (χ2v) is 7.20. The highest BCUT2D eigenvalue weighted by molar-refractivity contribution is 8.16. The molecule has 3 aliphatic heterocycles. The molecule has 1 N–H and O–H groups in total. The molecule has 0 aliphatic carbocycles. The molecule has 5 nitrogen and oxygen atoms in total. The first-order valence-electron chi connectivity index (χ1n) is 8.62. The van der Waals surface area contributed by atoms with Gasteiger partial charge in [0.25, 0.3) is 0 Å². The van der Waals surface area contributed by atoms with Gasteiger partial charge in [0.1, 0.15) is 0 Å². The van der Waals surface area contributed by atoms with Crippen LogP contribution in [0.1, 0.15) is 25.7 Å². The van der Waals surface area contributed by atoms with Crippen molar-refractivity contribution in [3.05, 3.63) is 35.4 Å². The van der Waals surface area contributed by atoms with E-state index in [2.05, 4.69) is 32.2 Å². The fourth-order valence-electron chi connectivity index (χ4n) is 3.39. The Balaban J connectivity index is 1.33. The molecule has 24 heavy (non-hydrogen) atoms.